The van der Waals surface area contributed by atoms with Gasteiger partial charge in [-0.2, -0.15) is 0 Å². The Morgan fingerprint density at radius 3 is 2.62 bits per heavy atom. The van der Waals surface area contributed by atoms with Crippen molar-refractivity contribution >= 4 is 0 Å². The molecule has 1 rings (SSSR count). The predicted molar refractivity (Wildman–Crippen MR) is 57.7 cm³/mol. The van der Waals surface area contributed by atoms with Crippen LogP contribution in [0.1, 0.15) is 24.8 Å². The molecule has 0 amide bonds. The first-order valence-corrected chi connectivity index (χ1v) is 4.81. The highest BCUT2D eigenvalue weighted by Gasteiger charge is 1.90. The molecule has 0 aliphatic heterocycles. The first-order valence-electron chi connectivity index (χ1n) is 4.81. The van der Waals surface area contributed by atoms with E-state index in [4.69, 9.17) is 0 Å². The summed E-state index contributed by atoms with van der Waals surface area (Å²) in [6, 6.07) is 10.6. The van der Waals surface area contributed by atoms with Crippen molar-refractivity contribution in [2.45, 2.75) is 25.7 Å². The van der Waals surface area contributed by atoms with Crippen molar-refractivity contribution in [3.05, 3.63) is 54.3 Å². The molecular formula is C13H16. The Kier molecular flexibility index (Phi) is 4.74. The molecule has 68 valence electrons. The number of hydrogen-bond donors (Lipinski definition) is 0. The van der Waals surface area contributed by atoms with Gasteiger partial charge in [0.1, 0.15) is 0 Å². The number of hydrogen-bond acceptors (Lipinski definition) is 0. The third kappa shape index (κ3) is 4.35. The highest BCUT2D eigenvalue weighted by atomic mass is 14.0. The minimum atomic E-state index is 1.11. The molecule has 0 saturated heterocycles. The molecule has 0 aliphatic carbocycles. The van der Waals surface area contributed by atoms with E-state index in [0.29, 0.717) is 0 Å². The van der Waals surface area contributed by atoms with Gasteiger partial charge in [-0.15, -0.1) is 5.73 Å². The molecule has 0 heterocycles. The zero-order valence-electron chi connectivity index (χ0n) is 8.00. The lowest BCUT2D eigenvalue weighted by Crippen LogP contribution is -1.83. The monoisotopic (exact) mass is 172 g/mol. The third-order valence-electron chi connectivity index (χ3n) is 2.05. The van der Waals surface area contributed by atoms with E-state index in [2.05, 4.69) is 42.6 Å². The molecule has 1 aromatic carbocycles. The Bertz CT molecular complexity index is 265. The zero-order valence-corrected chi connectivity index (χ0v) is 8.00. The normalized spacial score (nSPS) is 9.23. The van der Waals surface area contributed by atoms with Gasteiger partial charge in [0.05, 0.1) is 0 Å². The van der Waals surface area contributed by atoms with Crippen LogP contribution in [0.3, 0.4) is 0 Å². The summed E-state index contributed by atoms with van der Waals surface area (Å²) in [6.45, 7) is 3.54. The minimum absolute atomic E-state index is 1.11. The van der Waals surface area contributed by atoms with Crippen molar-refractivity contribution in [1.29, 1.82) is 0 Å². The molecule has 0 bridgehead atoms. The maximum atomic E-state index is 3.54. The fourth-order valence-corrected chi connectivity index (χ4v) is 1.32. The van der Waals surface area contributed by atoms with Crippen LogP contribution < -0.4 is 0 Å². The van der Waals surface area contributed by atoms with Crippen molar-refractivity contribution in [2.24, 2.45) is 0 Å². The number of unbranched alkanes of at least 4 members (excludes halogenated alkanes) is 2. The molecule has 0 unspecified atom stereocenters. The van der Waals surface area contributed by atoms with Gasteiger partial charge in [-0.3, -0.25) is 0 Å². The van der Waals surface area contributed by atoms with E-state index < -0.39 is 0 Å². The number of allylic oxidation sites excluding steroid dienone is 1. The summed E-state index contributed by atoms with van der Waals surface area (Å²) in [7, 11) is 0. The van der Waals surface area contributed by atoms with Crippen LogP contribution in [-0.4, -0.2) is 0 Å². The summed E-state index contributed by atoms with van der Waals surface area (Å²) in [6.07, 6.45) is 6.78. The molecule has 1 aromatic rings. The Labute approximate surface area is 80.6 Å². The Balaban J connectivity index is 2.17. The Hall–Kier alpha value is -1.26. The van der Waals surface area contributed by atoms with Gasteiger partial charge in [0.15, 0.2) is 0 Å². The van der Waals surface area contributed by atoms with E-state index in [1.807, 2.05) is 6.08 Å². The summed E-state index contributed by atoms with van der Waals surface area (Å²) in [5.74, 6) is 0. The fourth-order valence-electron chi connectivity index (χ4n) is 1.32. The second-order valence-corrected chi connectivity index (χ2v) is 3.14. The molecule has 0 N–H and O–H groups in total. The van der Waals surface area contributed by atoms with Crippen LogP contribution >= 0.6 is 0 Å². The molecule has 0 heteroatoms. The molecule has 13 heavy (non-hydrogen) atoms. The largest absolute Gasteiger partial charge is 0.133 e. The van der Waals surface area contributed by atoms with Crippen LogP contribution in [0.15, 0.2) is 48.7 Å². The van der Waals surface area contributed by atoms with E-state index >= 15 is 0 Å². The summed E-state index contributed by atoms with van der Waals surface area (Å²) >= 11 is 0. The highest BCUT2D eigenvalue weighted by molar-refractivity contribution is 5.14. The van der Waals surface area contributed by atoms with Crippen molar-refractivity contribution in [3.63, 3.8) is 0 Å². The molecule has 0 aliphatic rings. The highest BCUT2D eigenvalue weighted by Crippen LogP contribution is 2.05. The van der Waals surface area contributed by atoms with Crippen molar-refractivity contribution in [3.8, 4) is 0 Å². The topological polar surface area (TPSA) is 0 Å². The van der Waals surface area contributed by atoms with E-state index in [1.54, 1.807) is 0 Å². The van der Waals surface area contributed by atoms with Crippen molar-refractivity contribution in [1.82, 2.24) is 0 Å². The first kappa shape index (κ1) is 9.83. The Morgan fingerprint density at radius 1 is 1.15 bits per heavy atom. The SMILES string of the molecule is C=C=CCCCCc1ccccc1. The van der Waals surface area contributed by atoms with Crippen LogP contribution in [0.5, 0.6) is 0 Å². The summed E-state index contributed by atoms with van der Waals surface area (Å²) < 4.78 is 0. The van der Waals surface area contributed by atoms with Crippen LogP contribution in [0, 0.1) is 0 Å². The third-order valence-corrected chi connectivity index (χ3v) is 2.05. The zero-order chi connectivity index (χ0) is 9.36. The maximum Gasteiger partial charge on any atom is -0.0274 e. The Morgan fingerprint density at radius 2 is 1.92 bits per heavy atom. The van der Waals surface area contributed by atoms with Gasteiger partial charge in [-0.05, 0) is 37.3 Å². The lowest BCUT2D eigenvalue weighted by atomic mass is 10.1. The number of aryl methyl sites for hydroxylation is 1. The predicted octanol–water partition coefficient (Wildman–Crippen LogP) is 3.74. The van der Waals surface area contributed by atoms with Crippen LogP contribution in [0.25, 0.3) is 0 Å². The standard InChI is InChI=1S/C13H16/c1-2-3-4-5-7-10-13-11-8-6-9-12-13/h3,6,8-9,11-12H,1,4-5,7,10H2. The second-order valence-electron chi connectivity index (χ2n) is 3.14. The lowest BCUT2D eigenvalue weighted by molar-refractivity contribution is 0.748. The van der Waals surface area contributed by atoms with Gasteiger partial charge >= 0.3 is 0 Å². The fraction of sp³-hybridized carbons (Fsp3) is 0.308. The second kappa shape index (κ2) is 6.28. The molecule has 0 atom stereocenters. The van der Waals surface area contributed by atoms with E-state index in [-0.39, 0.29) is 0 Å². The molecule has 0 fully saturated rings. The van der Waals surface area contributed by atoms with Crippen molar-refractivity contribution < 1.29 is 0 Å². The molecule has 0 nitrogen and oxygen atoms in total. The van der Waals surface area contributed by atoms with Gasteiger partial charge in [0.25, 0.3) is 0 Å². The smallest absolute Gasteiger partial charge is 0.0274 e. The average Bonchev–Trinajstić information content (AvgIpc) is 2.19. The average molecular weight is 172 g/mol. The summed E-state index contributed by atoms with van der Waals surface area (Å²) in [4.78, 5) is 0. The van der Waals surface area contributed by atoms with Crippen LogP contribution in [0.2, 0.25) is 0 Å². The summed E-state index contributed by atoms with van der Waals surface area (Å²) in [5.41, 5.74) is 4.23. The van der Waals surface area contributed by atoms with Gasteiger partial charge in [-0.25, -0.2) is 0 Å². The van der Waals surface area contributed by atoms with E-state index in [0.717, 1.165) is 6.42 Å². The number of benzene rings is 1. The van der Waals surface area contributed by atoms with Gasteiger partial charge < -0.3 is 0 Å². The molecule has 0 saturated carbocycles. The van der Waals surface area contributed by atoms with E-state index in [1.165, 1.54) is 24.8 Å². The first-order chi connectivity index (χ1) is 6.43. The lowest BCUT2D eigenvalue weighted by Gasteiger charge is -1.98. The number of rotatable bonds is 5. The molecule has 0 spiro atoms. The quantitative estimate of drug-likeness (QED) is 0.469. The van der Waals surface area contributed by atoms with Gasteiger partial charge in [0, 0.05) is 0 Å². The van der Waals surface area contributed by atoms with Crippen LogP contribution in [-0.2, 0) is 6.42 Å². The maximum absolute atomic E-state index is 3.54. The minimum Gasteiger partial charge on any atom is -0.133 e. The summed E-state index contributed by atoms with van der Waals surface area (Å²) in [5, 5.41) is 0. The van der Waals surface area contributed by atoms with Gasteiger partial charge in [-0.1, -0.05) is 36.9 Å². The van der Waals surface area contributed by atoms with Gasteiger partial charge in [0.2, 0.25) is 0 Å². The molecular weight excluding hydrogens is 156 g/mol. The van der Waals surface area contributed by atoms with E-state index in [9.17, 15) is 0 Å². The molecule has 0 radical (unpaired) electrons. The van der Waals surface area contributed by atoms with Crippen LogP contribution in [0.4, 0.5) is 0 Å². The van der Waals surface area contributed by atoms with Crippen molar-refractivity contribution in [2.75, 3.05) is 0 Å². The molecule has 0 aromatic heterocycles.